The molecule has 0 amide bonds. The van der Waals surface area contributed by atoms with E-state index >= 15 is 0 Å². The highest BCUT2D eigenvalue weighted by atomic mass is 16.5. The Morgan fingerprint density at radius 1 is 1.32 bits per heavy atom. The van der Waals surface area contributed by atoms with Gasteiger partial charge in [0.25, 0.3) is 0 Å². The van der Waals surface area contributed by atoms with Crippen LogP contribution in [0.1, 0.15) is 20.3 Å². The van der Waals surface area contributed by atoms with E-state index in [0.717, 1.165) is 25.5 Å². The van der Waals surface area contributed by atoms with E-state index in [2.05, 4.69) is 33.7 Å². The minimum absolute atomic E-state index is 0.680. The number of hydrogen-bond donors (Lipinski definition) is 0. The summed E-state index contributed by atoms with van der Waals surface area (Å²) in [5.74, 6) is 1.42. The van der Waals surface area contributed by atoms with Crippen molar-refractivity contribution in [3.8, 4) is 5.75 Å². The van der Waals surface area contributed by atoms with Crippen LogP contribution in [-0.2, 0) is 0 Å². The SMILES string of the molecule is CN=C1CCN(c2ncc(OC)cn2)CC1=C(C)C. The van der Waals surface area contributed by atoms with Crippen LogP contribution >= 0.6 is 0 Å². The first kappa shape index (κ1) is 13.5. The van der Waals surface area contributed by atoms with E-state index in [1.807, 2.05) is 7.05 Å². The summed E-state index contributed by atoms with van der Waals surface area (Å²) < 4.78 is 5.08. The predicted molar refractivity (Wildman–Crippen MR) is 77.1 cm³/mol. The van der Waals surface area contributed by atoms with Gasteiger partial charge in [-0.05, 0) is 19.4 Å². The number of anilines is 1. The lowest BCUT2D eigenvalue weighted by atomic mass is 9.98. The van der Waals surface area contributed by atoms with Crippen LogP contribution < -0.4 is 9.64 Å². The zero-order valence-corrected chi connectivity index (χ0v) is 12.0. The Morgan fingerprint density at radius 3 is 2.53 bits per heavy atom. The number of aromatic nitrogens is 2. The van der Waals surface area contributed by atoms with E-state index < -0.39 is 0 Å². The van der Waals surface area contributed by atoms with Crippen molar-refractivity contribution in [2.75, 3.05) is 32.1 Å². The van der Waals surface area contributed by atoms with Crippen molar-refractivity contribution in [2.24, 2.45) is 4.99 Å². The second-order valence-corrected chi connectivity index (χ2v) is 4.74. The van der Waals surface area contributed by atoms with Crippen molar-refractivity contribution < 1.29 is 4.74 Å². The third-order valence-electron chi connectivity index (χ3n) is 3.32. The van der Waals surface area contributed by atoms with Crippen LogP contribution in [0.25, 0.3) is 0 Å². The van der Waals surface area contributed by atoms with Crippen molar-refractivity contribution in [1.82, 2.24) is 9.97 Å². The Hall–Kier alpha value is -1.91. The summed E-state index contributed by atoms with van der Waals surface area (Å²) in [5, 5.41) is 0. The van der Waals surface area contributed by atoms with E-state index in [1.165, 1.54) is 16.9 Å². The predicted octanol–water partition coefficient (Wildman–Crippen LogP) is 2.10. The summed E-state index contributed by atoms with van der Waals surface area (Å²) in [6.07, 6.45) is 4.34. The molecule has 0 spiro atoms. The van der Waals surface area contributed by atoms with Crippen LogP contribution in [0.4, 0.5) is 5.95 Å². The first-order chi connectivity index (χ1) is 9.15. The zero-order valence-electron chi connectivity index (χ0n) is 12.0. The van der Waals surface area contributed by atoms with E-state index in [-0.39, 0.29) is 0 Å². The summed E-state index contributed by atoms with van der Waals surface area (Å²) in [4.78, 5) is 15.2. The number of ether oxygens (including phenoxy) is 1. The van der Waals surface area contributed by atoms with Crippen molar-refractivity contribution in [1.29, 1.82) is 0 Å². The van der Waals surface area contributed by atoms with Gasteiger partial charge in [-0.2, -0.15) is 0 Å². The number of allylic oxidation sites excluding steroid dienone is 1. The number of piperidine rings is 1. The molecule has 0 saturated carbocycles. The highest BCUT2D eigenvalue weighted by Gasteiger charge is 2.22. The van der Waals surface area contributed by atoms with Gasteiger partial charge in [-0.15, -0.1) is 0 Å². The highest BCUT2D eigenvalue weighted by Crippen LogP contribution is 2.21. The smallest absolute Gasteiger partial charge is 0.225 e. The standard InChI is InChI=1S/C14H20N4O/c1-10(2)12-9-18(6-5-13(12)15-3)14-16-7-11(19-4)8-17-14/h7-8H,5-6,9H2,1-4H3. The summed E-state index contributed by atoms with van der Waals surface area (Å²) in [6.45, 7) is 5.97. The van der Waals surface area contributed by atoms with Crippen molar-refractivity contribution in [3.63, 3.8) is 0 Å². The van der Waals surface area contributed by atoms with Gasteiger partial charge in [-0.25, -0.2) is 9.97 Å². The molecule has 5 heteroatoms. The first-order valence-electron chi connectivity index (χ1n) is 6.39. The van der Waals surface area contributed by atoms with Crippen LogP contribution in [0.15, 0.2) is 28.5 Å². The van der Waals surface area contributed by atoms with Crippen molar-refractivity contribution in [3.05, 3.63) is 23.5 Å². The van der Waals surface area contributed by atoms with Gasteiger partial charge in [-0.1, -0.05) is 5.57 Å². The lowest BCUT2D eigenvalue weighted by Gasteiger charge is -2.30. The van der Waals surface area contributed by atoms with Gasteiger partial charge < -0.3 is 9.64 Å². The molecule has 5 nitrogen and oxygen atoms in total. The Morgan fingerprint density at radius 2 is 2.00 bits per heavy atom. The third-order valence-corrected chi connectivity index (χ3v) is 3.32. The van der Waals surface area contributed by atoms with Gasteiger partial charge in [0.1, 0.15) is 0 Å². The van der Waals surface area contributed by atoms with Crippen molar-refractivity contribution >= 4 is 11.7 Å². The second-order valence-electron chi connectivity index (χ2n) is 4.74. The molecule has 2 rings (SSSR count). The Bertz CT molecular complexity index is 501. The van der Waals surface area contributed by atoms with Crippen molar-refractivity contribution in [2.45, 2.75) is 20.3 Å². The maximum absolute atomic E-state index is 5.08. The van der Waals surface area contributed by atoms with Gasteiger partial charge in [0.2, 0.25) is 5.95 Å². The van der Waals surface area contributed by atoms with Crippen LogP contribution in [0.2, 0.25) is 0 Å². The van der Waals surface area contributed by atoms with E-state index in [4.69, 9.17) is 4.74 Å². The second kappa shape index (κ2) is 5.82. The van der Waals surface area contributed by atoms with E-state index in [0.29, 0.717) is 5.75 Å². The largest absolute Gasteiger partial charge is 0.494 e. The minimum Gasteiger partial charge on any atom is -0.494 e. The fourth-order valence-electron chi connectivity index (χ4n) is 2.20. The van der Waals surface area contributed by atoms with E-state index in [9.17, 15) is 0 Å². The van der Waals surface area contributed by atoms with Gasteiger partial charge in [0.15, 0.2) is 5.75 Å². The number of hydrogen-bond acceptors (Lipinski definition) is 5. The molecule has 0 aliphatic carbocycles. The minimum atomic E-state index is 0.680. The summed E-state index contributed by atoms with van der Waals surface area (Å²) in [5.41, 5.74) is 3.80. The maximum atomic E-state index is 5.08. The molecule has 19 heavy (non-hydrogen) atoms. The monoisotopic (exact) mass is 260 g/mol. The number of aliphatic imine (C=N–C) groups is 1. The number of methoxy groups -OCH3 is 1. The zero-order chi connectivity index (χ0) is 13.8. The molecule has 1 aromatic heterocycles. The van der Waals surface area contributed by atoms with Crippen LogP contribution in [0.5, 0.6) is 5.75 Å². The van der Waals surface area contributed by atoms with Crippen LogP contribution in [0.3, 0.4) is 0 Å². The summed E-state index contributed by atoms with van der Waals surface area (Å²) >= 11 is 0. The average Bonchev–Trinajstić information content (AvgIpc) is 2.46. The molecule has 0 atom stereocenters. The molecule has 0 unspecified atom stereocenters. The maximum Gasteiger partial charge on any atom is 0.225 e. The first-order valence-corrected chi connectivity index (χ1v) is 6.39. The molecule has 102 valence electrons. The normalized spacial score (nSPS) is 17.8. The van der Waals surface area contributed by atoms with Gasteiger partial charge in [-0.3, -0.25) is 4.99 Å². The molecular weight excluding hydrogens is 240 g/mol. The van der Waals surface area contributed by atoms with Gasteiger partial charge in [0.05, 0.1) is 19.5 Å². The molecule has 2 heterocycles. The summed E-state index contributed by atoms with van der Waals surface area (Å²) in [7, 11) is 3.47. The lowest BCUT2D eigenvalue weighted by Crippen LogP contribution is -2.37. The quantitative estimate of drug-likeness (QED) is 0.817. The molecule has 1 aromatic rings. The lowest BCUT2D eigenvalue weighted by molar-refractivity contribution is 0.410. The molecule has 1 aliphatic heterocycles. The molecule has 0 radical (unpaired) electrons. The molecule has 1 aliphatic rings. The molecule has 0 bridgehead atoms. The molecule has 0 N–H and O–H groups in total. The molecule has 1 fully saturated rings. The Labute approximate surface area is 114 Å². The number of nitrogens with zero attached hydrogens (tertiary/aromatic N) is 4. The summed E-state index contributed by atoms with van der Waals surface area (Å²) in [6, 6.07) is 0. The highest BCUT2D eigenvalue weighted by molar-refractivity contribution is 6.02. The molecule has 0 aromatic carbocycles. The van der Waals surface area contributed by atoms with Gasteiger partial charge >= 0.3 is 0 Å². The fraction of sp³-hybridized carbons (Fsp3) is 0.500. The number of rotatable bonds is 2. The Balaban J connectivity index is 2.21. The Kier molecular flexibility index (Phi) is 4.14. The molecular formula is C14H20N4O. The van der Waals surface area contributed by atoms with Crippen LogP contribution in [-0.4, -0.2) is 42.9 Å². The molecule has 1 saturated heterocycles. The fourth-order valence-corrected chi connectivity index (χ4v) is 2.20. The average molecular weight is 260 g/mol. The third kappa shape index (κ3) is 2.92. The van der Waals surface area contributed by atoms with E-state index in [1.54, 1.807) is 19.5 Å². The topological polar surface area (TPSA) is 50.6 Å². The van der Waals surface area contributed by atoms with Gasteiger partial charge in [0, 0.05) is 32.3 Å². The van der Waals surface area contributed by atoms with Crippen LogP contribution in [0, 0.1) is 0 Å².